The second-order valence-corrected chi connectivity index (χ2v) is 6.83. The monoisotopic (exact) mass is 317 g/mol. The van der Waals surface area contributed by atoms with Crippen LogP contribution in [0.5, 0.6) is 11.5 Å². The van der Waals surface area contributed by atoms with Crippen molar-refractivity contribution in [3.8, 4) is 11.5 Å². The van der Waals surface area contributed by atoms with E-state index in [1.54, 1.807) is 4.90 Å². The van der Waals surface area contributed by atoms with E-state index >= 15 is 0 Å². The minimum absolute atomic E-state index is 0.0416. The first-order valence-corrected chi connectivity index (χ1v) is 7.97. The lowest BCUT2D eigenvalue weighted by molar-refractivity contribution is -0.119. The highest BCUT2D eigenvalue weighted by molar-refractivity contribution is 6.06. The Morgan fingerprint density at radius 2 is 1.96 bits per heavy atom. The number of phenols is 1. The number of aromatic hydroxyl groups is 1. The Kier molecular flexibility index (Phi) is 3.01. The average molecular weight is 317 g/mol. The molecule has 122 valence electrons. The number of benzene rings is 1. The molecule has 1 saturated heterocycles. The molecule has 0 saturated carbocycles. The summed E-state index contributed by atoms with van der Waals surface area (Å²) in [6.07, 6.45) is 3.76. The highest BCUT2D eigenvalue weighted by Crippen LogP contribution is 2.49. The van der Waals surface area contributed by atoms with Crippen LogP contribution in [0.4, 0.5) is 5.69 Å². The molecule has 7 nitrogen and oxygen atoms in total. The van der Waals surface area contributed by atoms with Gasteiger partial charge in [0.05, 0.1) is 0 Å². The van der Waals surface area contributed by atoms with Gasteiger partial charge in [0, 0.05) is 18.5 Å². The maximum atomic E-state index is 12.4. The normalized spacial score (nSPS) is 20.4. The summed E-state index contributed by atoms with van der Waals surface area (Å²) in [5, 5.41) is 18.2. The summed E-state index contributed by atoms with van der Waals surface area (Å²) in [5.41, 5.74) is 1.58. The van der Waals surface area contributed by atoms with Crippen molar-refractivity contribution in [2.45, 2.75) is 51.6 Å². The Morgan fingerprint density at radius 3 is 2.74 bits per heavy atom. The molecule has 1 aromatic carbocycles. The van der Waals surface area contributed by atoms with E-state index in [4.69, 9.17) is 9.37 Å². The zero-order valence-corrected chi connectivity index (χ0v) is 13.3. The van der Waals surface area contributed by atoms with Gasteiger partial charge in [-0.2, -0.15) is 0 Å². The third-order valence-corrected chi connectivity index (χ3v) is 4.66. The van der Waals surface area contributed by atoms with Gasteiger partial charge >= 0.3 is 0 Å². The van der Waals surface area contributed by atoms with Gasteiger partial charge in [-0.15, -0.1) is 0 Å². The molecule has 0 radical (unpaired) electrons. The van der Waals surface area contributed by atoms with Crippen LogP contribution < -0.4 is 9.64 Å². The van der Waals surface area contributed by atoms with Crippen molar-refractivity contribution in [2.75, 3.05) is 11.4 Å². The number of amides is 1. The average Bonchev–Trinajstić information content (AvgIpc) is 2.97. The van der Waals surface area contributed by atoms with Crippen LogP contribution in [0.25, 0.3) is 11.0 Å². The van der Waals surface area contributed by atoms with E-state index in [1.807, 2.05) is 13.8 Å². The van der Waals surface area contributed by atoms with Gasteiger partial charge in [-0.3, -0.25) is 4.79 Å². The van der Waals surface area contributed by atoms with Gasteiger partial charge in [0.2, 0.25) is 5.91 Å². The molecule has 7 heteroatoms. The second kappa shape index (κ2) is 4.84. The lowest BCUT2D eigenvalue weighted by atomic mass is 9.92. The fourth-order valence-electron chi connectivity index (χ4n) is 3.39. The van der Waals surface area contributed by atoms with Gasteiger partial charge in [0.1, 0.15) is 11.3 Å². The van der Waals surface area contributed by atoms with E-state index < -0.39 is 0 Å². The van der Waals surface area contributed by atoms with Gasteiger partial charge in [-0.1, -0.05) is 0 Å². The summed E-state index contributed by atoms with van der Waals surface area (Å²) < 4.78 is 11.0. The molecule has 4 rings (SSSR count). The number of rotatable bonds is 1. The van der Waals surface area contributed by atoms with E-state index in [-0.39, 0.29) is 17.3 Å². The number of nitrogens with zero attached hydrogens (tertiary/aromatic N) is 3. The summed E-state index contributed by atoms with van der Waals surface area (Å²) >= 11 is 0. The van der Waals surface area contributed by atoms with Crippen molar-refractivity contribution in [1.29, 1.82) is 0 Å². The number of anilines is 1. The highest BCUT2D eigenvalue weighted by Gasteiger charge is 2.37. The first kappa shape index (κ1) is 14.3. The molecule has 0 spiro atoms. The van der Waals surface area contributed by atoms with Crippen molar-refractivity contribution < 1.29 is 19.3 Å². The Morgan fingerprint density at radius 1 is 1.17 bits per heavy atom. The fourth-order valence-corrected chi connectivity index (χ4v) is 3.39. The first-order valence-electron chi connectivity index (χ1n) is 7.97. The number of hydrogen-bond acceptors (Lipinski definition) is 6. The van der Waals surface area contributed by atoms with Gasteiger partial charge < -0.3 is 14.7 Å². The molecule has 2 aliphatic rings. The number of aromatic nitrogens is 2. The van der Waals surface area contributed by atoms with Gasteiger partial charge in [-0.05, 0) is 49.8 Å². The van der Waals surface area contributed by atoms with Crippen molar-refractivity contribution in [1.82, 2.24) is 10.3 Å². The minimum Gasteiger partial charge on any atom is -0.505 e. The minimum atomic E-state index is -0.363. The summed E-state index contributed by atoms with van der Waals surface area (Å²) in [5.74, 6) is 0.623. The highest BCUT2D eigenvalue weighted by atomic mass is 16.6. The van der Waals surface area contributed by atoms with E-state index in [9.17, 15) is 9.90 Å². The van der Waals surface area contributed by atoms with Crippen LogP contribution in [-0.4, -0.2) is 33.5 Å². The van der Waals surface area contributed by atoms with Crippen molar-refractivity contribution in [3.63, 3.8) is 0 Å². The lowest BCUT2D eigenvalue weighted by Gasteiger charge is -2.36. The molecule has 0 unspecified atom stereocenters. The van der Waals surface area contributed by atoms with Crippen molar-refractivity contribution in [2.24, 2.45) is 0 Å². The third kappa shape index (κ3) is 2.14. The number of ether oxygens (including phenoxy) is 1. The molecule has 1 amide bonds. The summed E-state index contributed by atoms with van der Waals surface area (Å²) in [6, 6.07) is 0. The SMILES string of the molecule is CC1(C)CCc2c(c(N3CCCCC3=O)c3nonc3c2O)O1. The number of fused-ring (bicyclic) bond motifs is 2. The Labute approximate surface area is 133 Å². The van der Waals surface area contributed by atoms with E-state index in [1.165, 1.54) is 0 Å². The third-order valence-electron chi connectivity index (χ3n) is 4.66. The van der Waals surface area contributed by atoms with Crippen LogP contribution in [0.15, 0.2) is 4.63 Å². The fraction of sp³-hybridized carbons (Fsp3) is 0.562. The molecule has 2 aliphatic heterocycles. The lowest BCUT2D eigenvalue weighted by Crippen LogP contribution is -2.38. The maximum absolute atomic E-state index is 12.4. The molecule has 23 heavy (non-hydrogen) atoms. The van der Waals surface area contributed by atoms with E-state index in [0.717, 1.165) is 19.3 Å². The van der Waals surface area contributed by atoms with Gasteiger partial charge in [0.15, 0.2) is 22.5 Å². The summed E-state index contributed by atoms with van der Waals surface area (Å²) in [7, 11) is 0. The maximum Gasteiger partial charge on any atom is 0.227 e. The van der Waals surface area contributed by atoms with Gasteiger partial charge in [0.25, 0.3) is 0 Å². The predicted octanol–water partition coefficient (Wildman–Crippen LogP) is 2.55. The van der Waals surface area contributed by atoms with E-state index in [2.05, 4.69) is 10.3 Å². The van der Waals surface area contributed by atoms with Crippen molar-refractivity contribution in [3.05, 3.63) is 5.56 Å². The number of hydrogen-bond donors (Lipinski definition) is 1. The Balaban J connectivity index is 1.99. The molecule has 2 aromatic rings. The van der Waals surface area contributed by atoms with Crippen LogP contribution in [-0.2, 0) is 11.2 Å². The topological polar surface area (TPSA) is 88.7 Å². The van der Waals surface area contributed by atoms with Crippen LogP contribution in [0, 0.1) is 0 Å². The van der Waals surface area contributed by atoms with Gasteiger partial charge in [-0.25, -0.2) is 4.63 Å². The number of piperidine rings is 1. The van der Waals surface area contributed by atoms with E-state index in [0.29, 0.717) is 47.4 Å². The standard InChI is InChI=1S/C16H19N3O4/c1-16(2)7-6-9-14(21)12-11(17-23-18-12)13(15(9)22-16)19-8-4-3-5-10(19)20/h21H,3-8H2,1-2H3. The zero-order chi connectivity index (χ0) is 16.2. The second-order valence-electron chi connectivity index (χ2n) is 6.83. The summed E-state index contributed by atoms with van der Waals surface area (Å²) in [4.78, 5) is 14.1. The largest absolute Gasteiger partial charge is 0.505 e. The molecule has 3 heterocycles. The van der Waals surface area contributed by atoms with Crippen molar-refractivity contribution >= 4 is 22.6 Å². The number of phenolic OH excluding ortho intramolecular Hbond substituents is 1. The molecule has 1 N–H and O–H groups in total. The molecular formula is C16H19N3O4. The molecule has 1 aromatic heterocycles. The van der Waals surface area contributed by atoms with Crippen LogP contribution in [0.2, 0.25) is 0 Å². The predicted molar refractivity (Wildman–Crippen MR) is 82.7 cm³/mol. The quantitative estimate of drug-likeness (QED) is 0.869. The summed E-state index contributed by atoms with van der Waals surface area (Å²) in [6.45, 7) is 4.61. The molecule has 0 atom stereocenters. The Bertz CT molecular complexity index is 796. The van der Waals surface area contributed by atoms with Crippen LogP contribution in [0.1, 0.15) is 45.1 Å². The zero-order valence-electron chi connectivity index (χ0n) is 13.3. The van der Waals surface area contributed by atoms with Crippen LogP contribution in [0.3, 0.4) is 0 Å². The van der Waals surface area contributed by atoms with Crippen LogP contribution >= 0.6 is 0 Å². The molecule has 1 fully saturated rings. The number of carbonyl (C=O) groups excluding carboxylic acids is 1. The molecular weight excluding hydrogens is 298 g/mol. The molecule has 0 bridgehead atoms. The molecule has 0 aliphatic carbocycles. The number of carbonyl (C=O) groups is 1. The Hall–Kier alpha value is -2.31. The first-order chi connectivity index (χ1) is 11.0. The smallest absolute Gasteiger partial charge is 0.227 e.